The molecule has 1 heterocycles. The highest BCUT2D eigenvalue weighted by Crippen LogP contribution is 2.40. The number of ketones is 1. The van der Waals surface area contributed by atoms with Gasteiger partial charge in [0.15, 0.2) is 28.8 Å². The van der Waals surface area contributed by atoms with Crippen LogP contribution < -0.4 is 4.74 Å². The summed E-state index contributed by atoms with van der Waals surface area (Å²) in [5.41, 5.74) is 0.306. The molecule has 7 heteroatoms. The molecule has 0 fully saturated rings. The van der Waals surface area contributed by atoms with Crippen LogP contribution in [0, 0.1) is 0 Å². The normalized spacial score (nSPS) is 20.8. The quantitative estimate of drug-likeness (QED) is 0.660. The summed E-state index contributed by atoms with van der Waals surface area (Å²) in [6, 6.07) is 4.22. The number of aliphatic hydroxyl groups excluding tert-OH is 3. The first-order valence-corrected chi connectivity index (χ1v) is 6.77. The third-order valence-electron chi connectivity index (χ3n) is 3.68. The number of carbonyl (C=O) groups excluding carboxylic acids is 1. The minimum absolute atomic E-state index is 0.0309. The van der Waals surface area contributed by atoms with Gasteiger partial charge in [0.05, 0.1) is 19.1 Å². The van der Waals surface area contributed by atoms with E-state index in [9.17, 15) is 25.2 Å². The molecule has 1 unspecified atom stereocenters. The molecule has 23 heavy (non-hydrogen) atoms. The summed E-state index contributed by atoms with van der Waals surface area (Å²) in [4.78, 5) is 11.6. The van der Waals surface area contributed by atoms with Crippen LogP contribution in [0.1, 0.15) is 12.0 Å². The van der Waals surface area contributed by atoms with Crippen molar-refractivity contribution in [3.8, 4) is 11.5 Å². The van der Waals surface area contributed by atoms with Gasteiger partial charge in [-0.1, -0.05) is 0 Å². The third-order valence-corrected chi connectivity index (χ3v) is 3.68. The molecule has 0 spiro atoms. The molecule has 0 aromatic heterocycles. The number of carbonyl (C=O) groups is 1. The summed E-state index contributed by atoms with van der Waals surface area (Å²) in [5.74, 6) is -1.92. The van der Waals surface area contributed by atoms with E-state index in [-0.39, 0.29) is 35.0 Å². The second-order valence-corrected chi connectivity index (χ2v) is 5.13. The van der Waals surface area contributed by atoms with Gasteiger partial charge in [0.25, 0.3) is 0 Å². The topological polar surface area (TPSA) is 116 Å². The standard InChI is InChI=1S/C16H14O7/c1-22-11-4-7(2-3-9(11)18)16-15(21)14(20)13-10(19)5-8(17)6-12(13)23-16/h2-5,12,18-21H,6H2,1H3. The highest BCUT2D eigenvalue weighted by molar-refractivity contribution is 5.93. The molecule has 0 saturated carbocycles. The van der Waals surface area contributed by atoms with Crippen molar-refractivity contribution in [1.82, 2.24) is 0 Å². The highest BCUT2D eigenvalue weighted by Gasteiger charge is 2.37. The number of phenolic OH excluding ortho intramolecular Hbond substituents is 1. The summed E-state index contributed by atoms with van der Waals surface area (Å²) in [6.07, 6.45) is 0.00103. The van der Waals surface area contributed by atoms with E-state index in [1.54, 1.807) is 0 Å². The van der Waals surface area contributed by atoms with Crippen molar-refractivity contribution in [2.24, 2.45) is 0 Å². The monoisotopic (exact) mass is 318 g/mol. The van der Waals surface area contributed by atoms with Crippen molar-refractivity contribution in [2.45, 2.75) is 12.5 Å². The second kappa shape index (κ2) is 5.28. The number of methoxy groups -OCH3 is 1. The Morgan fingerprint density at radius 2 is 1.91 bits per heavy atom. The highest BCUT2D eigenvalue weighted by atomic mass is 16.5. The number of rotatable bonds is 2. The van der Waals surface area contributed by atoms with Crippen LogP contribution in [0.15, 0.2) is 47.1 Å². The Bertz CT molecular complexity index is 786. The summed E-state index contributed by atoms with van der Waals surface area (Å²) in [5, 5.41) is 39.7. The summed E-state index contributed by atoms with van der Waals surface area (Å²) < 4.78 is 10.6. The Kier molecular flexibility index (Phi) is 3.40. The van der Waals surface area contributed by atoms with Gasteiger partial charge in [-0.05, 0) is 18.2 Å². The van der Waals surface area contributed by atoms with Crippen molar-refractivity contribution in [2.75, 3.05) is 7.11 Å². The number of hydrogen-bond acceptors (Lipinski definition) is 7. The SMILES string of the molecule is COc1cc(C2=C(O)C(O)=C3C(O)=CC(=O)CC3O2)ccc1O. The Morgan fingerprint density at radius 3 is 2.61 bits per heavy atom. The first-order chi connectivity index (χ1) is 10.9. The Balaban J connectivity index is 2.12. The molecule has 0 amide bonds. The van der Waals surface area contributed by atoms with Gasteiger partial charge in [-0.15, -0.1) is 0 Å². The molecule has 1 aliphatic heterocycles. The van der Waals surface area contributed by atoms with Gasteiger partial charge >= 0.3 is 0 Å². The molecule has 2 aliphatic rings. The Morgan fingerprint density at radius 1 is 1.17 bits per heavy atom. The van der Waals surface area contributed by atoms with Gasteiger partial charge in [-0.2, -0.15) is 0 Å². The lowest BCUT2D eigenvalue weighted by molar-refractivity contribution is -0.116. The maximum Gasteiger partial charge on any atom is 0.201 e. The van der Waals surface area contributed by atoms with E-state index in [2.05, 4.69) is 0 Å². The van der Waals surface area contributed by atoms with Crippen molar-refractivity contribution < 1.29 is 34.7 Å². The lowest BCUT2D eigenvalue weighted by Gasteiger charge is -2.30. The molecule has 0 saturated heterocycles. The zero-order valence-corrected chi connectivity index (χ0v) is 12.1. The fourth-order valence-corrected chi connectivity index (χ4v) is 2.57. The fourth-order valence-electron chi connectivity index (χ4n) is 2.57. The van der Waals surface area contributed by atoms with Gasteiger partial charge < -0.3 is 29.9 Å². The predicted octanol–water partition coefficient (Wildman–Crippen LogP) is 2.25. The number of ether oxygens (including phenoxy) is 2. The van der Waals surface area contributed by atoms with Crippen LogP contribution in [0.4, 0.5) is 0 Å². The fraction of sp³-hybridized carbons (Fsp3) is 0.188. The zero-order valence-electron chi connectivity index (χ0n) is 12.1. The molecule has 1 atom stereocenters. The Hall–Kier alpha value is -3.09. The predicted molar refractivity (Wildman–Crippen MR) is 79.1 cm³/mol. The van der Waals surface area contributed by atoms with Crippen molar-refractivity contribution >= 4 is 11.5 Å². The third kappa shape index (κ3) is 2.36. The van der Waals surface area contributed by atoms with Gasteiger partial charge in [-0.3, -0.25) is 4.79 Å². The van der Waals surface area contributed by atoms with E-state index < -0.39 is 23.4 Å². The van der Waals surface area contributed by atoms with Crippen LogP contribution in [0.3, 0.4) is 0 Å². The van der Waals surface area contributed by atoms with Crippen LogP contribution in [0.5, 0.6) is 11.5 Å². The molecule has 1 aromatic rings. The summed E-state index contributed by atoms with van der Waals surface area (Å²) >= 11 is 0. The smallest absolute Gasteiger partial charge is 0.201 e. The van der Waals surface area contributed by atoms with Crippen molar-refractivity contribution in [1.29, 1.82) is 0 Å². The molecule has 7 nitrogen and oxygen atoms in total. The van der Waals surface area contributed by atoms with E-state index in [0.29, 0.717) is 5.56 Å². The lowest BCUT2D eigenvalue weighted by Crippen LogP contribution is -2.29. The van der Waals surface area contributed by atoms with Crippen molar-refractivity contribution in [3.63, 3.8) is 0 Å². The zero-order chi connectivity index (χ0) is 16.7. The van der Waals surface area contributed by atoms with Gasteiger partial charge in [0.2, 0.25) is 5.76 Å². The molecule has 1 aliphatic carbocycles. The molecular formula is C16H14O7. The summed E-state index contributed by atoms with van der Waals surface area (Å²) in [7, 11) is 1.37. The number of phenols is 1. The van der Waals surface area contributed by atoms with Gasteiger partial charge in [-0.25, -0.2) is 0 Å². The lowest BCUT2D eigenvalue weighted by atomic mass is 9.91. The largest absolute Gasteiger partial charge is 0.507 e. The maximum atomic E-state index is 11.6. The maximum absolute atomic E-state index is 11.6. The number of allylic oxidation sites excluding steroid dienone is 1. The molecule has 120 valence electrons. The minimum Gasteiger partial charge on any atom is -0.507 e. The molecular weight excluding hydrogens is 304 g/mol. The van der Waals surface area contributed by atoms with E-state index >= 15 is 0 Å². The van der Waals surface area contributed by atoms with Gasteiger partial charge in [0.1, 0.15) is 11.9 Å². The van der Waals surface area contributed by atoms with E-state index in [1.807, 2.05) is 0 Å². The van der Waals surface area contributed by atoms with E-state index in [4.69, 9.17) is 9.47 Å². The number of hydrogen-bond donors (Lipinski definition) is 4. The average molecular weight is 318 g/mol. The van der Waals surface area contributed by atoms with E-state index in [0.717, 1.165) is 6.08 Å². The van der Waals surface area contributed by atoms with Crippen LogP contribution in [-0.4, -0.2) is 39.4 Å². The number of fused-ring (bicyclic) bond motifs is 1. The number of benzene rings is 1. The van der Waals surface area contributed by atoms with E-state index in [1.165, 1.54) is 25.3 Å². The molecule has 1 aromatic carbocycles. The first-order valence-electron chi connectivity index (χ1n) is 6.77. The van der Waals surface area contributed by atoms with Crippen molar-refractivity contribution in [3.05, 3.63) is 52.7 Å². The summed E-state index contributed by atoms with van der Waals surface area (Å²) in [6.45, 7) is 0. The van der Waals surface area contributed by atoms with Crippen LogP contribution in [0.25, 0.3) is 5.76 Å². The average Bonchev–Trinajstić information content (AvgIpc) is 2.50. The second-order valence-electron chi connectivity index (χ2n) is 5.13. The number of aromatic hydroxyl groups is 1. The van der Waals surface area contributed by atoms with Crippen LogP contribution >= 0.6 is 0 Å². The van der Waals surface area contributed by atoms with Crippen LogP contribution in [0.2, 0.25) is 0 Å². The van der Waals surface area contributed by atoms with Gasteiger partial charge in [0, 0.05) is 11.6 Å². The molecule has 3 rings (SSSR count). The minimum atomic E-state index is -0.904. The molecule has 4 N–H and O–H groups in total. The molecule has 0 bridgehead atoms. The Labute approximate surface area is 131 Å². The number of aliphatic hydroxyl groups is 3. The van der Waals surface area contributed by atoms with Crippen LogP contribution in [-0.2, 0) is 9.53 Å². The first kappa shape index (κ1) is 14.8. The molecule has 0 radical (unpaired) electrons.